The van der Waals surface area contributed by atoms with E-state index in [0.717, 1.165) is 48.6 Å². The zero-order chi connectivity index (χ0) is 17.1. The van der Waals surface area contributed by atoms with Crippen LogP contribution in [-0.4, -0.2) is 23.6 Å². The first kappa shape index (κ1) is 16.7. The number of nitrogens with zero attached hydrogens (tertiary/aromatic N) is 2. The van der Waals surface area contributed by atoms with E-state index in [1.165, 1.54) is 6.07 Å². The molecule has 0 radical (unpaired) electrons. The number of benzene rings is 1. The number of rotatable bonds is 5. The molecular weight excluding hydrogens is 329 g/mol. The Kier molecular flexibility index (Phi) is 4.99. The normalized spacial score (nSPS) is 14.2. The van der Waals surface area contributed by atoms with Crippen LogP contribution in [0.25, 0.3) is 0 Å². The van der Waals surface area contributed by atoms with E-state index in [1.807, 2.05) is 13.0 Å². The summed E-state index contributed by atoms with van der Waals surface area (Å²) in [6.07, 6.45) is 2.28. The van der Waals surface area contributed by atoms with Crippen LogP contribution in [0.3, 0.4) is 0 Å². The lowest BCUT2D eigenvalue weighted by Crippen LogP contribution is -2.23. The molecule has 2 heterocycles. The van der Waals surface area contributed by atoms with Gasteiger partial charge in [0.25, 0.3) is 0 Å². The number of carbonyl (C=O) groups is 1. The molecule has 3 rings (SSSR count). The Morgan fingerprint density at radius 3 is 2.75 bits per heavy atom. The fourth-order valence-corrected chi connectivity index (χ4v) is 3.71. The Morgan fingerprint density at radius 2 is 2.08 bits per heavy atom. The molecule has 1 saturated heterocycles. The largest absolute Gasteiger partial charge is 0.370 e. The molecule has 5 nitrogen and oxygen atoms in total. The highest BCUT2D eigenvalue weighted by Gasteiger charge is 2.19. The zero-order valence-electron chi connectivity index (χ0n) is 13.5. The smallest absolute Gasteiger partial charge is 0.307 e. The van der Waals surface area contributed by atoms with Crippen molar-refractivity contribution >= 4 is 28.6 Å². The Hall–Kier alpha value is -2.15. The quantitative estimate of drug-likeness (QED) is 0.903. The maximum absolute atomic E-state index is 14.2. The number of amides is 1. The van der Waals surface area contributed by atoms with Gasteiger partial charge < -0.3 is 14.8 Å². The third-order valence-corrected chi connectivity index (χ3v) is 5.12. The molecule has 0 bridgehead atoms. The molecule has 1 fully saturated rings. The molecule has 1 amide bonds. The lowest BCUT2D eigenvalue weighted by atomic mass is 10.2. The van der Waals surface area contributed by atoms with Gasteiger partial charge in [-0.05, 0) is 31.9 Å². The van der Waals surface area contributed by atoms with Crippen molar-refractivity contribution in [3.8, 4) is 0 Å². The molecule has 0 unspecified atom stereocenters. The number of hydrogen-bond donors (Lipinski definition) is 1. The van der Waals surface area contributed by atoms with Crippen LogP contribution in [0.1, 0.15) is 25.0 Å². The van der Waals surface area contributed by atoms with Crippen molar-refractivity contribution in [2.24, 2.45) is 0 Å². The number of aryl methyl sites for hydroxylation is 1. The second-order valence-electron chi connectivity index (χ2n) is 5.92. The molecule has 1 aliphatic heterocycles. The molecule has 128 valence electrons. The molecule has 0 atom stereocenters. The maximum Gasteiger partial charge on any atom is 0.307 e. The molecule has 1 aromatic heterocycles. The van der Waals surface area contributed by atoms with Crippen LogP contribution >= 0.6 is 11.3 Å². The summed E-state index contributed by atoms with van der Waals surface area (Å²) in [5.41, 5.74) is 1.80. The third-order valence-electron chi connectivity index (χ3n) is 4.24. The van der Waals surface area contributed by atoms with Gasteiger partial charge in [-0.3, -0.25) is 9.59 Å². The summed E-state index contributed by atoms with van der Waals surface area (Å²) in [4.78, 5) is 25.9. The second-order valence-corrected chi connectivity index (χ2v) is 6.74. The van der Waals surface area contributed by atoms with E-state index >= 15 is 0 Å². The summed E-state index contributed by atoms with van der Waals surface area (Å²) in [5, 5.41) is 4.46. The number of anilines is 2. The summed E-state index contributed by atoms with van der Waals surface area (Å²) in [7, 11) is 0. The van der Waals surface area contributed by atoms with Gasteiger partial charge in [0.1, 0.15) is 11.5 Å². The minimum absolute atomic E-state index is 0.0797. The number of para-hydroxylation sites is 1. The Balaban J connectivity index is 1.71. The van der Waals surface area contributed by atoms with E-state index in [-0.39, 0.29) is 22.9 Å². The number of nitrogens with one attached hydrogen (secondary N) is 1. The van der Waals surface area contributed by atoms with Crippen LogP contribution in [0.4, 0.5) is 15.8 Å². The van der Waals surface area contributed by atoms with E-state index < -0.39 is 5.82 Å². The van der Waals surface area contributed by atoms with Crippen molar-refractivity contribution in [1.82, 2.24) is 4.57 Å². The van der Waals surface area contributed by atoms with E-state index in [1.54, 1.807) is 16.0 Å². The molecule has 7 heteroatoms. The molecule has 0 saturated carbocycles. The predicted molar refractivity (Wildman–Crippen MR) is 94.4 cm³/mol. The summed E-state index contributed by atoms with van der Waals surface area (Å²) in [6, 6.07) is 4.84. The van der Waals surface area contributed by atoms with E-state index in [9.17, 15) is 14.0 Å². The van der Waals surface area contributed by atoms with Crippen LogP contribution in [0.15, 0.2) is 28.4 Å². The van der Waals surface area contributed by atoms with E-state index in [2.05, 4.69) is 10.2 Å². The van der Waals surface area contributed by atoms with Gasteiger partial charge in [0.05, 0.1) is 5.69 Å². The summed E-state index contributed by atoms with van der Waals surface area (Å²) in [6.45, 7) is 3.87. The van der Waals surface area contributed by atoms with E-state index in [4.69, 9.17) is 0 Å². The third kappa shape index (κ3) is 3.51. The van der Waals surface area contributed by atoms with Crippen molar-refractivity contribution in [3.63, 3.8) is 0 Å². The Labute approximate surface area is 143 Å². The van der Waals surface area contributed by atoms with Crippen molar-refractivity contribution < 1.29 is 9.18 Å². The molecule has 24 heavy (non-hydrogen) atoms. The molecule has 1 N–H and O–H groups in total. The van der Waals surface area contributed by atoms with Crippen LogP contribution in [-0.2, 0) is 11.3 Å². The Morgan fingerprint density at radius 1 is 1.33 bits per heavy atom. The second kappa shape index (κ2) is 7.17. The maximum atomic E-state index is 14.2. The topological polar surface area (TPSA) is 54.3 Å². The molecular formula is C17H20FN3O2S. The van der Waals surface area contributed by atoms with E-state index in [0.29, 0.717) is 6.54 Å². The van der Waals surface area contributed by atoms with Crippen molar-refractivity contribution in [2.75, 3.05) is 23.3 Å². The van der Waals surface area contributed by atoms with Gasteiger partial charge in [-0.1, -0.05) is 17.4 Å². The molecule has 2 aromatic rings. The van der Waals surface area contributed by atoms with Gasteiger partial charge >= 0.3 is 4.87 Å². The van der Waals surface area contributed by atoms with Crippen molar-refractivity contribution in [1.29, 1.82) is 0 Å². The monoisotopic (exact) mass is 349 g/mol. The lowest BCUT2D eigenvalue weighted by molar-refractivity contribution is -0.116. The summed E-state index contributed by atoms with van der Waals surface area (Å²) >= 11 is 1.12. The number of halogens is 1. The van der Waals surface area contributed by atoms with Gasteiger partial charge in [-0.15, -0.1) is 0 Å². The number of carbonyl (C=O) groups excluding carboxylic acids is 1. The molecule has 1 aromatic carbocycles. The van der Waals surface area contributed by atoms with Crippen LogP contribution < -0.4 is 15.1 Å². The summed E-state index contributed by atoms with van der Waals surface area (Å²) in [5.74, 6) is -0.727. The number of aromatic nitrogens is 1. The number of hydrogen-bond acceptors (Lipinski definition) is 4. The first-order valence-electron chi connectivity index (χ1n) is 8.04. The van der Waals surface area contributed by atoms with Crippen LogP contribution in [0, 0.1) is 12.7 Å². The summed E-state index contributed by atoms with van der Waals surface area (Å²) < 4.78 is 15.8. The highest BCUT2D eigenvalue weighted by Crippen LogP contribution is 2.31. The SMILES string of the molecule is Cc1csc(=O)n1CCC(=O)Nc1c(F)cccc1N1CCCC1. The van der Waals surface area contributed by atoms with Crippen molar-refractivity contribution in [3.05, 3.63) is 44.8 Å². The van der Waals surface area contributed by atoms with Gasteiger partial charge in [0.2, 0.25) is 5.91 Å². The minimum atomic E-state index is -0.434. The minimum Gasteiger partial charge on any atom is -0.370 e. The highest BCUT2D eigenvalue weighted by molar-refractivity contribution is 7.07. The van der Waals surface area contributed by atoms with Crippen LogP contribution in [0.2, 0.25) is 0 Å². The zero-order valence-corrected chi connectivity index (χ0v) is 14.4. The average molecular weight is 349 g/mol. The Bertz CT molecular complexity index is 793. The van der Waals surface area contributed by atoms with Gasteiger partial charge in [-0.25, -0.2) is 4.39 Å². The fourth-order valence-electron chi connectivity index (χ4n) is 2.95. The molecule has 0 spiro atoms. The molecule has 1 aliphatic rings. The predicted octanol–water partition coefficient (Wildman–Crippen LogP) is 2.99. The average Bonchev–Trinajstić information content (AvgIpc) is 3.18. The lowest BCUT2D eigenvalue weighted by Gasteiger charge is -2.22. The standard InChI is InChI=1S/C17H20FN3O2S/c1-12-11-24-17(23)21(12)10-7-15(22)19-16-13(18)5-4-6-14(16)20-8-2-3-9-20/h4-6,11H,2-3,7-10H2,1H3,(H,19,22). The molecule has 0 aliphatic carbocycles. The number of thiazole rings is 1. The fraction of sp³-hybridized carbons (Fsp3) is 0.412. The first-order valence-corrected chi connectivity index (χ1v) is 8.92. The first-order chi connectivity index (χ1) is 11.6. The van der Waals surface area contributed by atoms with Gasteiger partial charge in [0, 0.05) is 37.1 Å². The van der Waals surface area contributed by atoms with Gasteiger partial charge in [-0.2, -0.15) is 0 Å². The van der Waals surface area contributed by atoms with Crippen LogP contribution in [0.5, 0.6) is 0 Å². The highest BCUT2D eigenvalue weighted by atomic mass is 32.1. The van der Waals surface area contributed by atoms with Gasteiger partial charge in [0.15, 0.2) is 0 Å². The van der Waals surface area contributed by atoms with Crippen molar-refractivity contribution in [2.45, 2.75) is 32.7 Å².